The summed E-state index contributed by atoms with van der Waals surface area (Å²) in [7, 11) is 0. The van der Waals surface area contributed by atoms with Crippen molar-refractivity contribution in [1.82, 2.24) is 5.32 Å². The maximum absolute atomic E-state index is 12.6. The average molecular weight is 402 g/mol. The van der Waals surface area contributed by atoms with E-state index in [-0.39, 0.29) is 24.7 Å². The van der Waals surface area contributed by atoms with Crippen molar-refractivity contribution in [2.75, 3.05) is 6.61 Å². The number of carbonyl (C=O) groups is 1. The highest BCUT2D eigenvalue weighted by Crippen LogP contribution is 2.32. The fourth-order valence-electron chi connectivity index (χ4n) is 3.91. The lowest BCUT2D eigenvalue weighted by Crippen LogP contribution is -2.42. The van der Waals surface area contributed by atoms with Gasteiger partial charge in [0.15, 0.2) is 0 Å². The van der Waals surface area contributed by atoms with Crippen molar-refractivity contribution in [3.63, 3.8) is 0 Å². The first-order valence-electron chi connectivity index (χ1n) is 10.4. The fraction of sp³-hybridized carbons (Fsp3) is 0.269. The topological polar surface area (TPSA) is 47.6 Å². The Kier molecular flexibility index (Phi) is 6.91. The minimum Gasteiger partial charge on any atom is -0.371 e. The van der Waals surface area contributed by atoms with Gasteiger partial charge in [0.05, 0.1) is 25.4 Å². The summed E-state index contributed by atoms with van der Waals surface area (Å²) in [6.07, 6.45) is 1.75. The van der Waals surface area contributed by atoms with E-state index in [1.54, 1.807) is 0 Å². The van der Waals surface area contributed by atoms with Gasteiger partial charge in [-0.2, -0.15) is 0 Å². The van der Waals surface area contributed by atoms with Crippen LogP contribution in [0.15, 0.2) is 84.9 Å². The molecule has 1 N–H and O–H groups in total. The second-order valence-electron chi connectivity index (χ2n) is 7.60. The molecule has 3 aromatic rings. The van der Waals surface area contributed by atoms with Gasteiger partial charge in [-0.25, -0.2) is 0 Å². The van der Waals surface area contributed by atoms with E-state index in [0.29, 0.717) is 13.2 Å². The van der Waals surface area contributed by atoms with Gasteiger partial charge in [-0.1, -0.05) is 84.9 Å². The third-order valence-electron chi connectivity index (χ3n) is 5.43. The molecule has 0 heterocycles. The molecule has 0 radical (unpaired) electrons. The number of rotatable bonds is 8. The van der Waals surface area contributed by atoms with Gasteiger partial charge in [0.2, 0.25) is 5.91 Å². The molecule has 4 heteroatoms. The zero-order chi connectivity index (χ0) is 20.6. The van der Waals surface area contributed by atoms with Crippen LogP contribution < -0.4 is 5.32 Å². The van der Waals surface area contributed by atoms with Crippen molar-refractivity contribution in [2.45, 2.75) is 38.2 Å². The zero-order valence-corrected chi connectivity index (χ0v) is 17.0. The van der Waals surface area contributed by atoms with Crippen LogP contribution in [0.1, 0.15) is 34.7 Å². The monoisotopic (exact) mass is 401 g/mol. The predicted molar refractivity (Wildman–Crippen MR) is 117 cm³/mol. The number of ether oxygens (including phenoxy) is 2. The summed E-state index contributed by atoms with van der Waals surface area (Å²) >= 11 is 0. The molecule has 1 aliphatic rings. The Morgan fingerprint density at radius 1 is 0.833 bits per heavy atom. The molecule has 0 unspecified atom stereocenters. The standard InChI is InChI=1S/C26H27NO3/c28-25(19-29-17-20-9-3-1-4-10-20)27-26-23-14-8-7-13-22(23)15-16-24(26)30-18-21-11-5-2-6-12-21/h1-14,24,26H,15-19H2,(H,27,28)/t24-,26-/m1/s1. The number of benzene rings is 3. The smallest absolute Gasteiger partial charge is 0.246 e. The fourth-order valence-corrected chi connectivity index (χ4v) is 3.91. The Morgan fingerprint density at radius 2 is 1.47 bits per heavy atom. The van der Waals surface area contributed by atoms with E-state index in [1.165, 1.54) is 5.56 Å². The predicted octanol–water partition coefficient (Wildman–Crippen LogP) is 4.59. The minimum atomic E-state index is -0.175. The van der Waals surface area contributed by atoms with Crippen molar-refractivity contribution in [1.29, 1.82) is 0 Å². The molecule has 0 aliphatic heterocycles. The van der Waals surface area contributed by atoms with Gasteiger partial charge in [-0.15, -0.1) is 0 Å². The van der Waals surface area contributed by atoms with Crippen molar-refractivity contribution in [3.05, 3.63) is 107 Å². The summed E-state index contributed by atoms with van der Waals surface area (Å²) in [5, 5.41) is 3.16. The van der Waals surface area contributed by atoms with E-state index in [1.807, 2.05) is 60.7 Å². The number of nitrogens with one attached hydrogen (secondary N) is 1. The molecule has 0 bridgehead atoms. The summed E-state index contributed by atoms with van der Waals surface area (Å²) in [6.45, 7) is 0.979. The van der Waals surface area contributed by atoms with Crippen LogP contribution in [-0.4, -0.2) is 18.6 Å². The lowest BCUT2D eigenvalue weighted by molar-refractivity contribution is -0.128. The van der Waals surface area contributed by atoms with Gasteiger partial charge in [0.25, 0.3) is 0 Å². The van der Waals surface area contributed by atoms with E-state index in [4.69, 9.17) is 9.47 Å². The molecule has 3 aromatic carbocycles. The molecule has 0 spiro atoms. The summed E-state index contributed by atoms with van der Waals surface area (Å²) in [5.74, 6) is -0.124. The van der Waals surface area contributed by atoms with Crippen LogP contribution in [0.5, 0.6) is 0 Å². The van der Waals surface area contributed by atoms with E-state index < -0.39 is 0 Å². The Hall–Kier alpha value is -2.95. The second kappa shape index (κ2) is 10.2. The normalized spacial score (nSPS) is 17.9. The first kappa shape index (κ1) is 20.3. The molecule has 30 heavy (non-hydrogen) atoms. The SMILES string of the molecule is O=C(COCc1ccccc1)N[C@@H]1c2ccccc2CC[C@H]1OCc1ccccc1. The van der Waals surface area contributed by atoms with E-state index >= 15 is 0 Å². The van der Waals surface area contributed by atoms with Crippen LogP contribution in [0, 0.1) is 0 Å². The van der Waals surface area contributed by atoms with Crippen LogP contribution in [0.2, 0.25) is 0 Å². The molecule has 4 rings (SSSR count). The lowest BCUT2D eigenvalue weighted by atomic mass is 9.85. The molecular formula is C26H27NO3. The molecule has 0 saturated carbocycles. The van der Waals surface area contributed by atoms with Gasteiger partial charge in [-0.05, 0) is 35.1 Å². The Morgan fingerprint density at radius 3 is 2.20 bits per heavy atom. The first-order chi connectivity index (χ1) is 14.8. The Bertz CT molecular complexity index is 943. The number of fused-ring (bicyclic) bond motifs is 1. The van der Waals surface area contributed by atoms with Gasteiger partial charge >= 0.3 is 0 Å². The van der Waals surface area contributed by atoms with Crippen molar-refractivity contribution >= 4 is 5.91 Å². The third kappa shape index (κ3) is 5.35. The summed E-state index contributed by atoms with van der Waals surface area (Å²) in [5.41, 5.74) is 4.59. The van der Waals surface area contributed by atoms with Crippen LogP contribution >= 0.6 is 0 Å². The highest BCUT2D eigenvalue weighted by molar-refractivity contribution is 5.78. The van der Waals surface area contributed by atoms with Crippen LogP contribution in [0.4, 0.5) is 0 Å². The second-order valence-corrected chi connectivity index (χ2v) is 7.60. The van der Waals surface area contributed by atoms with E-state index in [9.17, 15) is 4.79 Å². The van der Waals surface area contributed by atoms with Gasteiger partial charge < -0.3 is 14.8 Å². The molecule has 4 nitrogen and oxygen atoms in total. The summed E-state index contributed by atoms with van der Waals surface area (Å²) in [6, 6.07) is 28.1. The van der Waals surface area contributed by atoms with Crippen LogP contribution in [0.25, 0.3) is 0 Å². The van der Waals surface area contributed by atoms with Crippen LogP contribution in [-0.2, 0) is 33.9 Å². The first-order valence-corrected chi connectivity index (χ1v) is 10.4. The molecule has 0 fully saturated rings. The number of aryl methyl sites for hydroxylation is 1. The highest BCUT2D eigenvalue weighted by atomic mass is 16.5. The molecular weight excluding hydrogens is 374 g/mol. The quantitative estimate of drug-likeness (QED) is 0.600. The van der Waals surface area contributed by atoms with Gasteiger partial charge in [0, 0.05) is 0 Å². The van der Waals surface area contributed by atoms with Crippen LogP contribution in [0.3, 0.4) is 0 Å². The van der Waals surface area contributed by atoms with Crippen molar-refractivity contribution in [2.24, 2.45) is 0 Å². The molecule has 2 atom stereocenters. The molecule has 0 aromatic heterocycles. The highest BCUT2D eigenvalue weighted by Gasteiger charge is 2.31. The molecule has 154 valence electrons. The minimum absolute atomic E-state index is 0.0268. The summed E-state index contributed by atoms with van der Waals surface area (Å²) < 4.78 is 11.9. The Balaban J connectivity index is 1.39. The molecule has 1 aliphatic carbocycles. The van der Waals surface area contributed by atoms with Gasteiger partial charge in [0.1, 0.15) is 6.61 Å². The Labute approximate surface area is 177 Å². The van der Waals surface area contributed by atoms with E-state index in [2.05, 4.69) is 29.6 Å². The number of hydrogen-bond acceptors (Lipinski definition) is 3. The average Bonchev–Trinajstić information content (AvgIpc) is 2.80. The maximum Gasteiger partial charge on any atom is 0.246 e. The number of carbonyl (C=O) groups excluding carboxylic acids is 1. The van der Waals surface area contributed by atoms with E-state index in [0.717, 1.165) is 29.5 Å². The number of hydrogen-bond donors (Lipinski definition) is 1. The molecule has 1 amide bonds. The van der Waals surface area contributed by atoms with Crippen molar-refractivity contribution < 1.29 is 14.3 Å². The maximum atomic E-state index is 12.6. The van der Waals surface area contributed by atoms with Gasteiger partial charge in [-0.3, -0.25) is 4.79 Å². The largest absolute Gasteiger partial charge is 0.371 e. The molecule has 0 saturated heterocycles. The zero-order valence-electron chi connectivity index (χ0n) is 17.0. The number of amides is 1. The van der Waals surface area contributed by atoms with Crippen molar-refractivity contribution in [3.8, 4) is 0 Å². The summed E-state index contributed by atoms with van der Waals surface area (Å²) in [4.78, 5) is 12.6. The third-order valence-corrected chi connectivity index (χ3v) is 5.43. The lowest BCUT2D eigenvalue weighted by Gasteiger charge is -2.34.